The van der Waals surface area contributed by atoms with Crippen molar-refractivity contribution in [3.63, 3.8) is 0 Å². The third-order valence-corrected chi connectivity index (χ3v) is 5.05. The van der Waals surface area contributed by atoms with Gasteiger partial charge in [0.05, 0.1) is 0 Å². The predicted octanol–water partition coefficient (Wildman–Crippen LogP) is 3.76. The Morgan fingerprint density at radius 2 is 2.00 bits per heavy atom. The van der Waals surface area contributed by atoms with Gasteiger partial charge in [0.15, 0.2) is 0 Å². The van der Waals surface area contributed by atoms with E-state index in [-0.39, 0.29) is 0 Å². The van der Waals surface area contributed by atoms with Crippen LogP contribution in [0.2, 0.25) is 0 Å². The molecule has 0 heterocycles. The topological polar surface area (TPSA) is 0 Å². The van der Waals surface area contributed by atoms with Gasteiger partial charge in [-0.3, -0.25) is 0 Å². The first kappa shape index (κ1) is 8.15. The van der Waals surface area contributed by atoms with Gasteiger partial charge in [-0.05, 0) is 41.6 Å². The van der Waals surface area contributed by atoms with Crippen LogP contribution in [-0.2, 0) is 0 Å². The van der Waals surface area contributed by atoms with Crippen LogP contribution >= 0.6 is 0 Å². The van der Waals surface area contributed by atoms with Crippen LogP contribution in [0, 0.1) is 17.3 Å². The molecule has 2 saturated carbocycles. The molecule has 4 rings (SSSR count). The highest BCUT2D eigenvalue weighted by molar-refractivity contribution is 5.40. The minimum Gasteiger partial charge on any atom is -0.0833 e. The van der Waals surface area contributed by atoms with Crippen LogP contribution in [0.1, 0.15) is 30.7 Å². The Morgan fingerprint density at radius 1 is 1.13 bits per heavy atom. The average Bonchev–Trinajstić information content (AvgIpc) is 2.69. The molecule has 0 aromatic heterocycles. The standard InChI is InChI=1S/C15H16/c1-2-5-11(6-3-1)14-12-7-4-9-15(12)10-8-13(14)15/h1-3,5-6,8,10,12-14H,4,7,9H2/t12-,13-,14-,15?/m0/s1. The molecule has 0 bridgehead atoms. The Morgan fingerprint density at radius 3 is 2.73 bits per heavy atom. The summed E-state index contributed by atoms with van der Waals surface area (Å²) >= 11 is 0. The van der Waals surface area contributed by atoms with Crippen LogP contribution in [0.25, 0.3) is 0 Å². The highest BCUT2D eigenvalue weighted by Crippen LogP contribution is 2.73. The molecule has 0 heteroatoms. The fourth-order valence-corrected chi connectivity index (χ4v) is 4.37. The fraction of sp³-hybridized carbons (Fsp3) is 0.467. The van der Waals surface area contributed by atoms with Crippen molar-refractivity contribution in [3.05, 3.63) is 48.0 Å². The third kappa shape index (κ3) is 0.806. The maximum Gasteiger partial charge on any atom is -0.00152 e. The fourth-order valence-electron chi connectivity index (χ4n) is 4.37. The highest BCUT2D eigenvalue weighted by Gasteiger charge is 2.64. The van der Waals surface area contributed by atoms with Crippen molar-refractivity contribution in [1.82, 2.24) is 0 Å². The maximum absolute atomic E-state index is 2.51. The summed E-state index contributed by atoms with van der Waals surface area (Å²) in [5, 5.41) is 0. The quantitative estimate of drug-likeness (QED) is 0.600. The van der Waals surface area contributed by atoms with E-state index < -0.39 is 0 Å². The molecular formula is C15H16. The van der Waals surface area contributed by atoms with Gasteiger partial charge >= 0.3 is 0 Å². The third-order valence-electron chi connectivity index (χ3n) is 5.05. The highest BCUT2D eigenvalue weighted by atomic mass is 14.7. The number of rotatable bonds is 1. The zero-order valence-corrected chi connectivity index (χ0v) is 8.89. The Balaban J connectivity index is 1.74. The zero-order valence-electron chi connectivity index (χ0n) is 8.89. The summed E-state index contributed by atoms with van der Waals surface area (Å²) in [4.78, 5) is 0. The molecule has 0 amide bonds. The SMILES string of the molecule is C1=CC23CCC[C@H]2[C@H](c2ccccc2)[C@H]13. The lowest BCUT2D eigenvalue weighted by Crippen LogP contribution is -2.54. The van der Waals surface area contributed by atoms with Gasteiger partial charge in [0.25, 0.3) is 0 Å². The molecule has 4 atom stereocenters. The molecule has 76 valence electrons. The Kier molecular flexibility index (Phi) is 1.39. The Labute approximate surface area is 91.0 Å². The van der Waals surface area contributed by atoms with Gasteiger partial charge in [0.1, 0.15) is 0 Å². The lowest BCUT2D eigenvalue weighted by atomic mass is 9.41. The summed E-state index contributed by atoms with van der Waals surface area (Å²) in [7, 11) is 0. The van der Waals surface area contributed by atoms with E-state index in [0.29, 0.717) is 5.41 Å². The number of benzene rings is 1. The van der Waals surface area contributed by atoms with Crippen LogP contribution in [0.5, 0.6) is 0 Å². The molecular weight excluding hydrogens is 180 g/mol. The largest absolute Gasteiger partial charge is 0.0833 e. The first-order valence-corrected chi connectivity index (χ1v) is 6.16. The normalized spacial score (nSPS) is 45.2. The first-order valence-electron chi connectivity index (χ1n) is 6.16. The van der Waals surface area contributed by atoms with E-state index in [4.69, 9.17) is 0 Å². The van der Waals surface area contributed by atoms with Crippen LogP contribution in [0.15, 0.2) is 42.5 Å². The molecule has 3 aliphatic rings. The second-order valence-corrected chi connectivity index (χ2v) is 5.43. The van der Waals surface area contributed by atoms with E-state index in [1.54, 1.807) is 5.56 Å². The summed E-state index contributed by atoms with van der Waals surface area (Å²) in [6, 6.07) is 11.1. The van der Waals surface area contributed by atoms with E-state index in [1.807, 2.05) is 0 Å². The summed E-state index contributed by atoms with van der Waals surface area (Å²) < 4.78 is 0. The molecule has 3 aliphatic carbocycles. The molecule has 1 aromatic carbocycles. The van der Waals surface area contributed by atoms with Crippen molar-refractivity contribution in [1.29, 1.82) is 0 Å². The first-order chi connectivity index (χ1) is 7.42. The van der Waals surface area contributed by atoms with Gasteiger partial charge in [-0.2, -0.15) is 0 Å². The molecule has 0 aliphatic heterocycles. The summed E-state index contributed by atoms with van der Waals surface area (Å²) in [5.74, 6) is 2.70. The van der Waals surface area contributed by atoms with E-state index >= 15 is 0 Å². The van der Waals surface area contributed by atoms with Gasteiger partial charge in [0.2, 0.25) is 0 Å². The molecule has 2 fully saturated rings. The van der Waals surface area contributed by atoms with Gasteiger partial charge in [0, 0.05) is 0 Å². The van der Waals surface area contributed by atoms with E-state index in [0.717, 1.165) is 17.8 Å². The number of allylic oxidation sites excluding steroid dienone is 2. The van der Waals surface area contributed by atoms with Crippen LogP contribution in [0.3, 0.4) is 0 Å². The van der Waals surface area contributed by atoms with Gasteiger partial charge in [-0.15, -0.1) is 0 Å². The second-order valence-electron chi connectivity index (χ2n) is 5.43. The minimum absolute atomic E-state index is 0.667. The molecule has 1 unspecified atom stereocenters. The van der Waals surface area contributed by atoms with Crippen molar-refractivity contribution in [2.24, 2.45) is 17.3 Å². The van der Waals surface area contributed by atoms with Crippen molar-refractivity contribution in [2.45, 2.75) is 25.2 Å². The molecule has 0 radical (unpaired) electrons. The van der Waals surface area contributed by atoms with Crippen molar-refractivity contribution >= 4 is 0 Å². The van der Waals surface area contributed by atoms with Crippen molar-refractivity contribution in [2.75, 3.05) is 0 Å². The number of hydrogen-bond donors (Lipinski definition) is 0. The predicted molar refractivity (Wildman–Crippen MR) is 61.6 cm³/mol. The molecule has 1 aromatic rings. The molecule has 0 N–H and O–H groups in total. The molecule has 1 spiro atoms. The zero-order chi connectivity index (χ0) is 9.88. The Hall–Kier alpha value is -1.04. The second kappa shape index (κ2) is 2.55. The lowest BCUT2D eigenvalue weighted by Gasteiger charge is -2.62. The van der Waals surface area contributed by atoms with Gasteiger partial charge in [-0.25, -0.2) is 0 Å². The minimum atomic E-state index is 0.667. The maximum atomic E-state index is 2.51. The summed E-state index contributed by atoms with van der Waals surface area (Å²) in [6.45, 7) is 0. The van der Waals surface area contributed by atoms with E-state index in [2.05, 4.69) is 42.5 Å². The van der Waals surface area contributed by atoms with E-state index in [9.17, 15) is 0 Å². The van der Waals surface area contributed by atoms with E-state index in [1.165, 1.54) is 19.3 Å². The van der Waals surface area contributed by atoms with Gasteiger partial charge in [-0.1, -0.05) is 48.9 Å². The van der Waals surface area contributed by atoms with Gasteiger partial charge < -0.3 is 0 Å². The average molecular weight is 196 g/mol. The smallest absolute Gasteiger partial charge is 0.00152 e. The molecule has 0 nitrogen and oxygen atoms in total. The van der Waals surface area contributed by atoms with Crippen molar-refractivity contribution < 1.29 is 0 Å². The van der Waals surface area contributed by atoms with Crippen LogP contribution < -0.4 is 0 Å². The van der Waals surface area contributed by atoms with Crippen LogP contribution in [0.4, 0.5) is 0 Å². The van der Waals surface area contributed by atoms with Crippen LogP contribution in [-0.4, -0.2) is 0 Å². The summed E-state index contributed by atoms with van der Waals surface area (Å²) in [6.07, 6.45) is 9.34. The molecule has 15 heavy (non-hydrogen) atoms. The summed E-state index contributed by atoms with van der Waals surface area (Å²) in [5.41, 5.74) is 2.25. The number of hydrogen-bond acceptors (Lipinski definition) is 0. The Bertz CT molecular complexity index is 417. The lowest BCUT2D eigenvalue weighted by molar-refractivity contribution is -0.00806. The molecule has 0 saturated heterocycles. The van der Waals surface area contributed by atoms with Crippen molar-refractivity contribution in [3.8, 4) is 0 Å². The monoisotopic (exact) mass is 196 g/mol.